The summed E-state index contributed by atoms with van der Waals surface area (Å²) in [6, 6.07) is 17.3. The van der Waals surface area contributed by atoms with E-state index in [4.69, 9.17) is 0 Å². The highest BCUT2D eigenvalue weighted by atomic mass is 19.4. The molecule has 1 saturated heterocycles. The minimum Gasteiger partial charge on any atom is -0.364 e. The van der Waals surface area contributed by atoms with E-state index in [0.29, 0.717) is 18.0 Å². The molecule has 1 saturated carbocycles. The Bertz CT molecular complexity index is 1120. The summed E-state index contributed by atoms with van der Waals surface area (Å²) in [5.41, 5.74) is 1.50. The molecule has 1 aliphatic carbocycles. The SMILES string of the molecule is O=C(c1ccccc1-c1ccccc1)N1C[C@H]2CC(Nc3cnc(C(F)(F)F)cn3)C1C2. The Balaban J connectivity index is 1.35. The molecule has 164 valence electrons. The fourth-order valence-electron chi connectivity index (χ4n) is 4.85. The minimum absolute atomic E-state index is 0.0260. The number of nitrogens with zero attached hydrogens (tertiary/aromatic N) is 3. The normalized spacial score (nSPS) is 22.2. The molecule has 1 amide bonds. The maximum absolute atomic E-state index is 13.5. The first-order chi connectivity index (χ1) is 15.4. The molecule has 32 heavy (non-hydrogen) atoms. The summed E-state index contributed by atoms with van der Waals surface area (Å²) in [5.74, 6) is 0.613. The van der Waals surface area contributed by atoms with Crippen molar-refractivity contribution in [3.05, 3.63) is 78.2 Å². The summed E-state index contributed by atoms with van der Waals surface area (Å²) in [4.78, 5) is 22.8. The van der Waals surface area contributed by atoms with Crippen molar-refractivity contribution >= 4 is 11.7 Å². The number of halogens is 3. The number of carbonyl (C=O) groups is 1. The third-order valence-electron chi connectivity index (χ3n) is 6.26. The van der Waals surface area contributed by atoms with Crippen LogP contribution in [0.4, 0.5) is 19.0 Å². The third kappa shape index (κ3) is 3.81. The summed E-state index contributed by atoms with van der Waals surface area (Å²) >= 11 is 0. The zero-order valence-electron chi connectivity index (χ0n) is 17.1. The van der Waals surface area contributed by atoms with Gasteiger partial charge >= 0.3 is 6.18 Å². The molecule has 2 aliphatic rings. The van der Waals surface area contributed by atoms with Gasteiger partial charge in [0, 0.05) is 18.2 Å². The van der Waals surface area contributed by atoms with Gasteiger partial charge in [0.2, 0.25) is 0 Å². The molecule has 5 nitrogen and oxygen atoms in total. The van der Waals surface area contributed by atoms with E-state index in [2.05, 4.69) is 15.3 Å². The maximum Gasteiger partial charge on any atom is 0.434 e. The molecule has 2 heterocycles. The molecule has 2 bridgehead atoms. The molecule has 1 N–H and O–H groups in total. The molecular formula is C24H21F3N4O. The van der Waals surface area contributed by atoms with Crippen LogP contribution in [0.25, 0.3) is 11.1 Å². The van der Waals surface area contributed by atoms with E-state index < -0.39 is 11.9 Å². The van der Waals surface area contributed by atoms with Crippen LogP contribution >= 0.6 is 0 Å². The second kappa shape index (κ2) is 7.93. The van der Waals surface area contributed by atoms with Crippen molar-refractivity contribution in [2.45, 2.75) is 31.1 Å². The molecule has 2 fully saturated rings. The predicted octanol–water partition coefficient (Wildman–Crippen LogP) is 4.88. The number of fused-ring (bicyclic) bond motifs is 2. The number of hydrogen-bond donors (Lipinski definition) is 1. The van der Waals surface area contributed by atoms with E-state index >= 15 is 0 Å². The Morgan fingerprint density at radius 1 is 0.969 bits per heavy atom. The Morgan fingerprint density at radius 2 is 1.72 bits per heavy atom. The number of piperidine rings is 1. The zero-order chi connectivity index (χ0) is 22.3. The highest BCUT2D eigenvalue weighted by molar-refractivity contribution is 6.01. The molecule has 3 atom stereocenters. The van der Waals surface area contributed by atoms with Gasteiger partial charge in [-0.1, -0.05) is 48.5 Å². The highest BCUT2D eigenvalue weighted by Crippen LogP contribution is 2.40. The Morgan fingerprint density at radius 3 is 2.41 bits per heavy atom. The number of amides is 1. The van der Waals surface area contributed by atoms with Gasteiger partial charge in [0.05, 0.1) is 18.4 Å². The average Bonchev–Trinajstić information content (AvgIpc) is 3.40. The minimum atomic E-state index is -4.52. The van der Waals surface area contributed by atoms with Gasteiger partial charge < -0.3 is 10.2 Å². The van der Waals surface area contributed by atoms with Crippen LogP contribution < -0.4 is 5.32 Å². The molecule has 5 rings (SSSR count). The first-order valence-corrected chi connectivity index (χ1v) is 10.5. The molecule has 3 aromatic rings. The molecule has 2 unspecified atom stereocenters. The first-order valence-electron chi connectivity index (χ1n) is 10.5. The fraction of sp³-hybridized carbons (Fsp3) is 0.292. The van der Waals surface area contributed by atoms with Gasteiger partial charge in [-0.3, -0.25) is 4.79 Å². The van der Waals surface area contributed by atoms with Gasteiger partial charge in [-0.25, -0.2) is 9.97 Å². The molecule has 8 heteroatoms. The zero-order valence-corrected chi connectivity index (χ0v) is 17.1. The number of nitrogens with one attached hydrogen (secondary N) is 1. The largest absolute Gasteiger partial charge is 0.434 e. The lowest BCUT2D eigenvalue weighted by Crippen LogP contribution is -2.47. The monoisotopic (exact) mass is 438 g/mol. The van der Waals surface area contributed by atoms with E-state index in [0.717, 1.165) is 36.4 Å². The van der Waals surface area contributed by atoms with Crippen molar-refractivity contribution in [1.82, 2.24) is 14.9 Å². The summed E-state index contributed by atoms with van der Waals surface area (Å²) in [5, 5.41) is 3.20. The van der Waals surface area contributed by atoms with Crippen LogP contribution in [-0.4, -0.2) is 39.4 Å². The van der Waals surface area contributed by atoms with Gasteiger partial charge in [0.25, 0.3) is 5.91 Å². The molecule has 0 radical (unpaired) electrons. The predicted molar refractivity (Wildman–Crippen MR) is 114 cm³/mol. The average molecular weight is 438 g/mol. The van der Waals surface area contributed by atoms with Crippen molar-refractivity contribution in [1.29, 1.82) is 0 Å². The lowest BCUT2D eigenvalue weighted by Gasteiger charge is -2.34. The van der Waals surface area contributed by atoms with Crippen molar-refractivity contribution < 1.29 is 18.0 Å². The molecular weight excluding hydrogens is 417 g/mol. The number of benzene rings is 2. The fourth-order valence-corrected chi connectivity index (χ4v) is 4.85. The van der Waals surface area contributed by atoms with E-state index in [1.807, 2.05) is 59.5 Å². The number of alkyl halides is 3. The number of aromatic nitrogens is 2. The van der Waals surface area contributed by atoms with Crippen LogP contribution in [0.5, 0.6) is 0 Å². The van der Waals surface area contributed by atoms with E-state index in [1.165, 1.54) is 0 Å². The first kappa shape index (κ1) is 20.5. The van der Waals surface area contributed by atoms with Gasteiger partial charge in [0.1, 0.15) is 5.82 Å². The van der Waals surface area contributed by atoms with Crippen molar-refractivity contribution in [3.8, 4) is 11.1 Å². The van der Waals surface area contributed by atoms with Gasteiger partial charge in [-0.2, -0.15) is 13.2 Å². The molecule has 1 aromatic heterocycles. The maximum atomic E-state index is 13.5. The molecule has 0 spiro atoms. The van der Waals surface area contributed by atoms with E-state index in [9.17, 15) is 18.0 Å². The van der Waals surface area contributed by atoms with Crippen LogP contribution in [0, 0.1) is 5.92 Å². The number of anilines is 1. The van der Waals surface area contributed by atoms with Crippen LogP contribution in [0.2, 0.25) is 0 Å². The second-order valence-corrected chi connectivity index (χ2v) is 8.31. The quantitative estimate of drug-likeness (QED) is 0.631. The molecule has 1 aliphatic heterocycles. The lowest BCUT2D eigenvalue weighted by molar-refractivity contribution is -0.141. The Hall–Kier alpha value is -3.42. The van der Waals surface area contributed by atoms with Crippen molar-refractivity contribution in [2.75, 3.05) is 11.9 Å². The number of carbonyl (C=O) groups excluding carboxylic acids is 1. The van der Waals surface area contributed by atoms with Crippen LogP contribution in [-0.2, 0) is 6.18 Å². The lowest BCUT2D eigenvalue weighted by atomic mass is 9.97. The Labute approximate surface area is 183 Å². The highest BCUT2D eigenvalue weighted by Gasteiger charge is 2.47. The van der Waals surface area contributed by atoms with E-state index in [1.54, 1.807) is 0 Å². The number of rotatable bonds is 4. The van der Waals surface area contributed by atoms with Gasteiger partial charge in [-0.15, -0.1) is 0 Å². The summed E-state index contributed by atoms with van der Waals surface area (Å²) < 4.78 is 38.2. The third-order valence-corrected chi connectivity index (χ3v) is 6.26. The number of likely N-dealkylation sites (tertiary alicyclic amines) is 1. The van der Waals surface area contributed by atoms with Gasteiger partial charge in [0.15, 0.2) is 5.69 Å². The van der Waals surface area contributed by atoms with Crippen molar-refractivity contribution in [3.63, 3.8) is 0 Å². The van der Waals surface area contributed by atoms with Crippen molar-refractivity contribution in [2.24, 2.45) is 5.92 Å². The smallest absolute Gasteiger partial charge is 0.364 e. The van der Waals surface area contributed by atoms with Crippen LogP contribution in [0.15, 0.2) is 67.0 Å². The summed E-state index contributed by atoms with van der Waals surface area (Å²) in [6.07, 6.45) is -0.976. The van der Waals surface area contributed by atoms with Crippen LogP contribution in [0.1, 0.15) is 28.9 Å². The van der Waals surface area contributed by atoms with Gasteiger partial charge in [-0.05, 0) is 36.0 Å². The molecule has 2 aromatic carbocycles. The Kier molecular flexibility index (Phi) is 5.07. The van der Waals surface area contributed by atoms with Crippen LogP contribution in [0.3, 0.4) is 0 Å². The summed E-state index contributed by atoms with van der Waals surface area (Å²) in [7, 11) is 0. The number of hydrogen-bond acceptors (Lipinski definition) is 4. The van der Waals surface area contributed by atoms with E-state index in [-0.39, 0.29) is 23.8 Å². The summed E-state index contributed by atoms with van der Waals surface area (Å²) in [6.45, 7) is 0.684. The standard InChI is InChI=1S/C24H21F3N4O/c25-24(26,27)21-12-29-22(13-28-21)30-19-10-15-11-20(19)31(14-15)23(32)18-9-5-4-8-17(18)16-6-2-1-3-7-16/h1-9,12-13,15,19-20H,10-11,14H2,(H,29,30)/t15-,19?,20?/m0/s1. The second-order valence-electron chi connectivity index (χ2n) is 8.31. The topological polar surface area (TPSA) is 58.1 Å².